The maximum Gasteiger partial charge on any atom is 0.251 e. The zero-order chi connectivity index (χ0) is 21.8. The van der Waals surface area contributed by atoms with E-state index >= 15 is 0 Å². The molecule has 0 saturated heterocycles. The van der Waals surface area contributed by atoms with Crippen molar-refractivity contribution in [2.75, 3.05) is 0 Å². The molecule has 0 bridgehead atoms. The number of aromatic nitrogens is 3. The number of pyridine rings is 1. The lowest BCUT2D eigenvalue weighted by Crippen LogP contribution is -2.23. The van der Waals surface area contributed by atoms with Crippen LogP contribution in [0.4, 0.5) is 8.78 Å². The number of nitrogens with zero attached hydrogens (tertiary/aromatic N) is 3. The van der Waals surface area contributed by atoms with Crippen LogP contribution in [0.5, 0.6) is 11.5 Å². The van der Waals surface area contributed by atoms with Gasteiger partial charge in [0.1, 0.15) is 23.1 Å². The molecule has 0 aliphatic rings. The molecule has 2 aromatic heterocycles. The third-order valence-corrected chi connectivity index (χ3v) is 4.59. The fourth-order valence-electron chi connectivity index (χ4n) is 3.08. The Hall–Kier alpha value is -4.07. The lowest BCUT2D eigenvalue weighted by Gasteiger charge is -2.13. The van der Waals surface area contributed by atoms with Crippen LogP contribution in [0.15, 0.2) is 73.2 Å². The van der Waals surface area contributed by atoms with E-state index in [1.807, 2.05) is 0 Å². The van der Waals surface area contributed by atoms with Crippen LogP contribution < -0.4 is 10.1 Å². The van der Waals surface area contributed by atoms with E-state index in [0.29, 0.717) is 34.0 Å². The fraction of sp³-hybridized carbons (Fsp3) is 0.0870. The highest BCUT2D eigenvalue weighted by atomic mass is 19.1. The van der Waals surface area contributed by atoms with Gasteiger partial charge in [-0.05, 0) is 48.9 Å². The number of carbonyl (C=O) groups excluding carboxylic acids is 1. The summed E-state index contributed by atoms with van der Waals surface area (Å²) in [7, 11) is 0. The first-order valence-electron chi connectivity index (χ1n) is 9.46. The van der Waals surface area contributed by atoms with Gasteiger partial charge in [0.05, 0.1) is 0 Å². The smallest absolute Gasteiger partial charge is 0.251 e. The van der Waals surface area contributed by atoms with Crippen LogP contribution in [0.3, 0.4) is 0 Å². The van der Waals surface area contributed by atoms with Crippen molar-refractivity contribution in [3.05, 3.63) is 102 Å². The van der Waals surface area contributed by atoms with Crippen LogP contribution in [0.1, 0.15) is 21.5 Å². The second kappa shape index (κ2) is 8.74. The zero-order valence-electron chi connectivity index (χ0n) is 16.5. The highest BCUT2D eigenvalue weighted by molar-refractivity contribution is 5.96. The van der Waals surface area contributed by atoms with E-state index in [-0.39, 0.29) is 12.5 Å². The topological polar surface area (TPSA) is 69.0 Å². The summed E-state index contributed by atoms with van der Waals surface area (Å²) in [5.41, 5.74) is 1.36. The van der Waals surface area contributed by atoms with Crippen molar-refractivity contribution in [3.63, 3.8) is 0 Å². The quantitative estimate of drug-likeness (QED) is 0.496. The van der Waals surface area contributed by atoms with Gasteiger partial charge in [-0.15, -0.1) is 0 Å². The molecule has 156 valence electrons. The summed E-state index contributed by atoms with van der Waals surface area (Å²) in [5.74, 6) is -0.125. The number of ether oxygens (including phenoxy) is 1. The van der Waals surface area contributed by atoms with Crippen LogP contribution in [-0.4, -0.2) is 20.7 Å². The van der Waals surface area contributed by atoms with Crippen molar-refractivity contribution in [1.29, 1.82) is 0 Å². The van der Waals surface area contributed by atoms with Gasteiger partial charge in [-0.2, -0.15) is 5.10 Å². The van der Waals surface area contributed by atoms with Crippen molar-refractivity contribution in [3.8, 4) is 17.3 Å². The number of benzene rings is 2. The van der Waals surface area contributed by atoms with Crippen LogP contribution >= 0.6 is 0 Å². The van der Waals surface area contributed by atoms with E-state index in [2.05, 4.69) is 15.4 Å². The van der Waals surface area contributed by atoms with Crippen molar-refractivity contribution >= 4 is 5.91 Å². The third kappa shape index (κ3) is 4.75. The standard InChI is InChI=1S/C23H18F2N4O2/c1-15-20(23(30)27-14-16-10-17(24)12-18(25)11-16)4-2-5-21(15)31-19-6-8-26-22(13-19)29-9-3-7-28-29/h2-13H,14H2,1H3,(H,27,30). The summed E-state index contributed by atoms with van der Waals surface area (Å²) in [6, 6.07) is 13.5. The van der Waals surface area contributed by atoms with E-state index in [1.165, 1.54) is 12.1 Å². The minimum Gasteiger partial charge on any atom is -0.457 e. The second-order valence-corrected chi connectivity index (χ2v) is 6.79. The maximum atomic E-state index is 13.3. The van der Waals surface area contributed by atoms with Gasteiger partial charge in [0.2, 0.25) is 0 Å². The molecule has 0 radical (unpaired) electrons. The number of rotatable bonds is 6. The molecule has 31 heavy (non-hydrogen) atoms. The van der Waals surface area contributed by atoms with Gasteiger partial charge >= 0.3 is 0 Å². The molecule has 2 aromatic carbocycles. The first-order chi connectivity index (χ1) is 15.0. The maximum absolute atomic E-state index is 13.3. The SMILES string of the molecule is Cc1c(Oc2ccnc(-n3cccn3)c2)cccc1C(=O)NCc1cc(F)cc(F)c1. The van der Waals surface area contributed by atoms with Crippen LogP contribution in [-0.2, 0) is 6.54 Å². The monoisotopic (exact) mass is 420 g/mol. The van der Waals surface area contributed by atoms with E-state index in [0.717, 1.165) is 6.07 Å². The Morgan fingerprint density at radius 2 is 1.87 bits per heavy atom. The summed E-state index contributed by atoms with van der Waals surface area (Å²) in [6.07, 6.45) is 5.03. The minimum absolute atomic E-state index is 0.00434. The predicted molar refractivity (Wildman–Crippen MR) is 110 cm³/mol. The Balaban J connectivity index is 1.50. The largest absolute Gasteiger partial charge is 0.457 e. The summed E-state index contributed by atoms with van der Waals surface area (Å²) in [6.45, 7) is 1.76. The summed E-state index contributed by atoms with van der Waals surface area (Å²) in [4.78, 5) is 16.9. The summed E-state index contributed by atoms with van der Waals surface area (Å²) >= 11 is 0. The number of hydrogen-bond donors (Lipinski definition) is 1. The molecule has 8 heteroatoms. The molecular formula is C23H18F2N4O2. The highest BCUT2D eigenvalue weighted by Gasteiger charge is 2.14. The predicted octanol–water partition coefficient (Wildman–Crippen LogP) is 4.58. The van der Waals surface area contributed by atoms with Crippen molar-refractivity contribution in [2.45, 2.75) is 13.5 Å². The van der Waals surface area contributed by atoms with Gasteiger partial charge < -0.3 is 10.1 Å². The molecule has 0 fully saturated rings. The molecule has 0 unspecified atom stereocenters. The van der Waals surface area contributed by atoms with E-state index in [1.54, 1.807) is 66.6 Å². The highest BCUT2D eigenvalue weighted by Crippen LogP contribution is 2.28. The van der Waals surface area contributed by atoms with Gasteiger partial charge in [0, 0.05) is 48.4 Å². The fourth-order valence-corrected chi connectivity index (χ4v) is 3.08. The molecule has 0 saturated carbocycles. The van der Waals surface area contributed by atoms with E-state index < -0.39 is 11.6 Å². The summed E-state index contributed by atoms with van der Waals surface area (Å²) in [5, 5.41) is 6.82. The molecule has 0 aliphatic heterocycles. The van der Waals surface area contributed by atoms with Crippen LogP contribution in [0, 0.1) is 18.6 Å². The molecule has 2 heterocycles. The molecule has 0 aliphatic carbocycles. The molecule has 0 spiro atoms. The Morgan fingerprint density at radius 1 is 1.06 bits per heavy atom. The van der Waals surface area contributed by atoms with Crippen molar-refractivity contribution < 1.29 is 18.3 Å². The number of hydrogen-bond acceptors (Lipinski definition) is 4. The zero-order valence-corrected chi connectivity index (χ0v) is 16.5. The Labute approximate surface area is 177 Å². The lowest BCUT2D eigenvalue weighted by atomic mass is 10.1. The number of halogens is 2. The van der Waals surface area contributed by atoms with Gasteiger partial charge in [-0.25, -0.2) is 18.4 Å². The molecule has 6 nitrogen and oxygen atoms in total. The van der Waals surface area contributed by atoms with Crippen molar-refractivity contribution in [2.24, 2.45) is 0 Å². The molecule has 4 aromatic rings. The van der Waals surface area contributed by atoms with Gasteiger partial charge in [-0.3, -0.25) is 4.79 Å². The molecule has 1 N–H and O–H groups in total. The Morgan fingerprint density at radius 3 is 2.61 bits per heavy atom. The first kappa shape index (κ1) is 20.2. The van der Waals surface area contributed by atoms with Crippen LogP contribution in [0.2, 0.25) is 0 Å². The molecule has 0 atom stereocenters. The van der Waals surface area contributed by atoms with Gasteiger partial charge in [0.15, 0.2) is 5.82 Å². The first-order valence-corrected chi connectivity index (χ1v) is 9.46. The third-order valence-electron chi connectivity index (χ3n) is 4.59. The lowest BCUT2D eigenvalue weighted by molar-refractivity contribution is 0.0950. The van der Waals surface area contributed by atoms with E-state index in [9.17, 15) is 13.6 Å². The van der Waals surface area contributed by atoms with Crippen molar-refractivity contribution in [1.82, 2.24) is 20.1 Å². The molecular weight excluding hydrogens is 402 g/mol. The summed E-state index contributed by atoms with van der Waals surface area (Å²) < 4.78 is 34.3. The van der Waals surface area contributed by atoms with Crippen LogP contribution in [0.25, 0.3) is 5.82 Å². The average molecular weight is 420 g/mol. The Bertz CT molecular complexity index is 1210. The second-order valence-electron chi connectivity index (χ2n) is 6.79. The number of carbonyl (C=O) groups is 1. The van der Waals surface area contributed by atoms with Gasteiger partial charge in [0.25, 0.3) is 5.91 Å². The van der Waals surface area contributed by atoms with Gasteiger partial charge in [-0.1, -0.05) is 6.07 Å². The minimum atomic E-state index is -0.692. The molecule has 4 rings (SSSR count). The van der Waals surface area contributed by atoms with E-state index in [4.69, 9.17) is 4.74 Å². The normalized spacial score (nSPS) is 10.7. The average Bonchev–Trinajstić information content (AvgIpc) is 3.28. The number of amides is 1. The Kier molecular flexibility index (Phi) is 5.70. The molecule has 1 amide bonds. The number of nitrogens with one attached hydrogen (secondary N) is 1.